The molecule has 0 radical (unpaired) electrons. The number of imide groups is 1. The van der Waals surface area contributed by atoms with Crippen molar-refractivity contribution in [3.05, 3.63) is 75.5 Å². The Bertz CT molecular complexity index is 1410. The van der Waals surface area contributed by atoms with Crippen molar-refractivity contribution in [2.75, 3.05) is 45.8 Å². The largest absolute Gasteiger partial charge is 0.493 e. The average Bonchev–Trinajstić information content (AvgIpc) is 3.62. The number of rotatable bonds is 9. The molecule has 3 amide bonds. The van der Waals surface area contributed by atoms with Crippen LogP contribution >= 0.6 is 11.3 Å². The lowest BCUT2D eigenvalue weighted by Gasteiger charge is -2.36. The van der Waals surface area contributed by atoms with Crippen LogP contribution in [0.3, 0.4) is 0 Å². The fourth-order valence-corrected chi connectivity index (χ4v) is 6.48. The number of thiophene rings is 1. The van der Waals surface area contributed by atoms with Crippen molar-refractivity contribution in [3.63, 3.8) is 0 Å². The number of anilines is 1. The van der Waals surface area contributed by atoms with Gasteiger partial charge in [0.05, 0.1) is 43.0 Å². The number of carbonyl (C=O) groups excluding carboxylic acids is 3. The van der Waals surface area contributed by atoms with Gasteiger partial charge in [-0.3, -0.25) is 19.3 Å². The van der Waals surface area contributed by atoms with Gasteiger partial charge >= 0.3 is 0 Å². The first kappa shape index (κ1) is 27.7. The molecule has 210 valence electrons. The van der Waals surface area contributed by atoms with Gasteiger partial charge in [-0.25, -0.2) is 0 Å². The molecule has 1 aromatic heterocycles. The fraction of sp³-hybridized carbons (Fsp3) is 0.387. The predicted molar refractivity (Wildman–Crippen MR) is 155 cm³/mol. The number of nitrogens with zero attached hydrogens (tertiary/aromatic N) is 3. The first-order valence-corrected chi connectivity index (χ1v) is 14.5. The molecule has 3 aromatic rings. The third-order valence-corrected chi connectivity index (χ3v) is 8.98. The highest BCUT2D eigenvalue weighted by Crippen LogP contribution is 2.38. The van der Waals surface area contributed by atoms with Gasteiger partial charge in [-0.1, -0.05) is 18.2 Å². The zero-order chi connectivity index (χ0) is 28.4. The highest BCUT2D eigenvalue weighted by atomic mass is 32.1. The van der Waals surface area contributed by atoms with Crippen LogP contribution in [0.5, 0.6) is 11.5 Å². The molecule has 0 aliphatic carbocycles. The Balaban J connectivity index is 1.28. The van der Waals surface area contributed by atoms with Gasteiger partial charge in [0.15, 0.2) is 11.5 Å². The molecular weight excluding hydrogens is 526 g/mol. The maximum atomic E-state index is 13.6. The number of benzene rings is 2. The normalized spacial score (nSPS) is 17.6. The molecule has 8 nitrogen and oxygen atoms in total. The molecule has 2 atom stereocenters. The Kier molecular flexibility index (Phi) is 8.12. The SMILES string of the molecule is COc1ccc(CCN(C)C(=O)[C@@H]2CCCN(c3cccc4c3C(=O)N([C@H](C)c3cccs3)C4=O)C2)cc1OC. The van der Waals surface area contributed by atoms with Crippen LogP contribution in [-0.4, -0.2) is 68.4 Å². The Morgan fingerprint density at radius 3 is 2.60 bits per heavy atom. The highest BCUT2D eigenvalue weighted by molar-refractivity contribution is 7.10. The molecule has 2 aliphatic heterocycles. The summed E-state index contributed by atoms with van der Waals surface area (Å²) in [5.74, 6) is 0.721. The predicted octanol–water partition coefficient (Wildman–Crippen LogP) is 5.04. The van der Waals surface area contributed by atoms with Crippen LogP contribution in [0.15, 0.2) is 53.9 Å². The van der Waals surface area contributed by atoms with Gasteiger partial charge in [-0.05, 0) is 67.5 Å². The second-order valence-electron chi connectivity index (χ2n) is 10.4. The van der Waals surface area contributed by atoms with Gasteiger partial charge in [-0.15, -0.1) is 11.3 Å². The molecule has 0 spiro atoms. The third-order valence-electron chi connectivity index (χ3n) is 7.94. The van der Waals surface area contributed by atoms with Crippen LogP contribution in [0.2, 0.25) is 0 Å². The number of hydrogen-bond donors (Lipinski definition) is 0. The van der Waals surface area contributed by atoms with E-state index in [-0.39, 0.29) is 29.7 Å². The fourth-order valence-electron chi connectivity index (χ4n) is 5.71. The minimum absolute atomic E-state index is 0.0908. The maximum absolute atomic E-state index is 13.6. The highest BCUT2D eigenvalue weighted by Gasteiger charge is 2.42. The molecule has 0 bridgehead atoms. The number of likely N-dealkylation sites (N-methyl/N-ethyl adjacent to an activating group) is 1. The smallest absolute Gasteiger partial charge is 0.264 e. The van der Waals surface area contributed by atoms with Crippen molar-refractivity contribution in [1.29, 1.82) is 0 Å². The number of hydrogen-bond acceptors (Lipinski definition) is 7. The van der Waals surface area contributed by atoms with Crippen molar-refractivity contribution in [3.8, 4) is 11.5 Å². The monoisotopic (exact) mass is 561 g/mol. The molecule has 0 saturated carbocycles. The maximum Gasteiger partial charge on any atom is 0.264 e. The average molecular weight is 562 g/mol. The lowest BCUT2D eigenvalue weighted by atomic mass is 9.94. The summed E-state index contributed by atoms with van der Waals surface area (Å²) in [6, 6.07) is 14.8. The molecule has 1 fully saturated rings. The number of amides is 3. The van der Waals surface area contributed by atoms with Crippen LogP contribution in [-0.2, 0) is 11.2 Å². The van der Waals surface area contributed by atoms with Crippen LogP contribution in [0.25, 0.3) is 0 Å². The van der Waals surface area contributed by atoms with E-state index < -0.39 is 0 Å². The van der Waals surface area contributed by atoms with E-state index in [4.69, 9.17) is 9.47 Å². The van der Waals surface area contributed by atoms with Crippen molar-refractivity contribution in [2.45, 2.75) is 32.2 Å². The molecular formula is C31H35N3O5S. The molecule has 0 N–H and O–H groups in total. The van der Waals surface area contributed by atoms with Crippen LogP contribution < -0.4 is 14.4 Å². The van der Waals surface area contributed by atoms with Gasteiger partial charge in [0, 0.05) is 31.6 Å². The summed E-state index contributed by atoms with van der Waals surface area (Å²) in [4.78, 5) is 46.7. The van der Waals surface area contributed by atoms with E-state index in [0.29, 0.717) is 42.1 Å². The zero-order valence-electron chi connectivity index (χ0n) is 23.4. The van der Waals surface area contributed by atoms with Gasteiger partial charge in [0.25, 0.3) is 11.8 Å². The number of ether oxygens (including phenoxy) is 2. The summed E-state index contributed by atoms with van der Waals surface area (Å²) in [6.45, 7) is 3.71. The van der Waals surface area contributed by atoms with Crippen molar-refractivity contribution >= 4 is 34.7 Å². The number of piperidine rings is 1. The van der Waals surface area contributed by atoms with Gasteiger partial charge in [0.1, 0.15) is 0 Å². The van der Waals surface area contributed by atoms with Gasteiger partial charge in [-0.2, -0.15) is 0 Å². The Hall–Kier alpha value is -3.85. The summed E-state index contributed by atoms with van der Waals surface area (Å²) >= 11 is 1.53. The second kappa shape index (κ2) is 11.7. The lowest BCUT2D eigenvalue weighted by molar-refractivity contribution is -0.134. The molecule has 1 saturated heterocycles. The molecule has 2 aliphatic rings. The summed E-state index contributed by atoms with van der Waals surface area (Å²) in [5.41, 5.74) is 2.69. The number of methoxy groups -OCH3 is 2. The molecule has 2 aromatic carbocycles. The first-order chi connectivity index (χ1) is 19.3. The minimum atomic E-state index is -0.338. The van der Waals surface area contributed by atoms with E-state index in [1.807, 2.05) is 61.8 Å². The van der Waals surface area contributed by atoms with Gasteiger partial charge in [0.2, 0.25) is 5.91 Å². The summed E-state index contributed by atoms with van der Waals surface area (Å²) in [7, 11) is 5.06. The lowest BCUT2D eigenvalue weighted by Crippen LogP contribution is -2.44. The van der Waals surface area contributed by atoms with E-state index >= 15 is 0 Å². The standard InChI is InChI=1S/C31H35N3O5S/c1-20(27-11-7-17-40-27)34-30(36)23-9-5-10-24(28(23)31(34)37)33-15-6-8-22(19-33)29(35)32(2)16-14-21-12-13-25(38-3)26(18-21)39-4/h5,7,9-13,17-18,20,22H,6,8,14-16,19H2,1-4H3/t20-,22-/m1/s1. The van der Waals surface area contributed by atoms with Crippen LogP contribution in [0, 0.1) is 5.92 Å². The Morgan fingerprint density at radius 2 is 1.88 bits per heavy atom. The van der Waals surface area contributed by atoms with Gasteiger partial charge < -0.3 is 19.3 Å². The van der Waals surface area contributed by atoms with Crippen molar-refractivity contribution in [1.82, 2.24) is 9.80 Å². The first-order valence-electron chi connectivity index (χ1n) is 13.6. The van der Waals surface area contributed by atoms with E-state index in [1.54, 1.807) is 25.2 Å². The zero-order valence-corrected chi connectivity index (χ0v) is 24.2. The quantitative estimate of drug-likeness (QED) is 0.341. The Morgan fingerprint density at radius 1 is 1.07 bits per heavy atom. The van der Waals surface area contributed by atoms with E-state index in [0.717, 1.165) is 35.5 Å². The topological polar surface area (TPSA) is 79.4 Å². The van der Waals surface area contributed by atoms with Crippen molar-refractivity contribution < 1.29 is 23.9 Å². The second-order valence-corrected chi connectivity index (χ2v) is 11.3. The summed E-state index contributed by atoms with van der Waals surface area (Å²) < 4.78 is 10.7. The molecule has 5 rings (SSSR count). The van der Waals surface area contributed by atoms with E-state index in [2.05, 4.69) is 4.90 Å². The van der Waals surface area contributed by atoms with Crippen LogP contribution in [0.1, 0.15) is 57.0 Å². The summed E-state index contributed by atoms with van der Waals surface area (Å²) in [6.07, 6.45) is 2.32. The summed E-state index contributed by atoms with van der Waals surface area (Å²) in [5, 5.41) is 1.95. The number of carbonyl (C=O) groups is 3. The van der Waals surface area contributed by atoms with Crippen molar-refractivity contribution in [2.24, 2.45) is 5.92 Å². The minimum Gasteiger partial charge on any atom is -0.493 e. The molecule has 9 heteroatoms. The van der Waals surface area contributed by atoms with E-state index in [1.165, 1.54) is 16.2 Å². The number of fused-ring (bicyclic) bond motifs is 1. The Labute approximate surface area is 239 Å². The molecule has 0 unspecified atom stereocenters. The third kappa shape index (κ3) is 5.18. The van der Waals surface area contributed by atoms with E-state index in [9.17, 15) is 14.4 Å². The van der Waals surface area contributed by atoms with Crippen LogP contribution in [0.4, 0.5) is 5.69 Å². The molecule has 40 heavy (non-hydrogen) atoms. The molecule has 3 heterocycles.